The molecule has 0 atom stereocenters. The number of ether oxygens (including phenoxy) is 1. The van der Waals surface area contributed by atoms with E-state index in [-0.39, 0.29) is 11.9 Å². The van der Waals surface area contributed by atoms with Crippen LogP contribution in [0.25, 0.3) is 0 Å². The number of hydrogen-bond donors (Lipinski definition) is 1. The summed E-state index contributed by atoms with van der Waals surface area (Å²) in [5.74, 6) is 1.61. The third-order valence-electron chi connectivity index (χ3n) is 4.28. The number of furan rings is 1. The average Bonchev–Trinajstić information content (AvgIpc) is 2.92. The maximum atomic E-state index is 12.3. The minimum atomic E-state index is -0.131. The molecular weight excluding hydrogens is 370 g/mol. The second-order valence-corrected chi connectivity index (χ2v) is 7.00. The maximum Gasteiger partial charge on any atom is 0.287 e. The number of amides is 1. The quantitative estimate of drug-likeness (QED) is 0.723. The molecular formula is C19H22BrNO3. The lowest BCUT2D eigenvalue weighted by Crippen LogP contribution is -2.34. The van der Waals surface area contributed by atoms with Crippen LogP contribution in [0.4, 0.5) is 0 Å². The van der Waals surface area contributed by atoms with Crippen molar-refractivity contribution in [3.05, 3.63) is 52.4 Å². The van der Waals surface area contributed by atoms with E-state index in [4.69, 9.17) is 9.15 Å². The van der Waals surface area contributed by atoms with Gasteiger partial charge in [-0.2, -0.15) is 0 Å². The van der Waals surface area contributed by atoms with Crippen molar-refractivity contribution in [1.29, 1.82) is 0 Å². The Hall–Kier alpha value is -1.75. The molecule has 0 unspecified atom stereocenters. The lowest BCUT2D eigenvalue weighted by Gasteiger charge is -2.15. The van der Waals surface area contributed by atoms with Crippen molar-refractivity contribution in [2.45, 2.75) is 51.2 Å². The van der Waals surface area contributed by atoms with Crippen LogP contribution in [0.1, 0.15) is 54.8 Å². The van der Waals surface area contributed by atoms with Crippen LogP contribution in [0.5, 0.6) is 5.75 Å². The van der Waals surface area contributed by atoms with Crippen LogP contribution in [0, 0.1) is 0 Å². The second-order valence-electron chi connectivity index (χ2n) is 6.15. The number of carbonyl (C=O) groups is 1. The van der Waals surface area contributed by atoms with Gasteiger partial charge in [-0.1, -0.05) is 37.8 Å². The number of benzene rings is 1. The molecule has 2 aromatic rings. The van der Waals surface area contributed by atoms with Gasteiger partial charge in [0.25, 0.3) is 5.91 Å². The van der Waals surface area contributed by atoms with Gasteiger partial charge in [0, 0.05) is 6.04 Å². The van der Waals surface area contributed by atoms with Gasteiger partial charge in [0.1, 0.15) is 18.1 Å². The first kappa shape index (κ1) is 17.1. The van der Waals surface area contributed by atoms with E-state index < -0.39 is 0 Å². The molecule has 1 saturated carbocycles. The van der Waals surface area contributed by atoms with Crippen molar-refractivity contribution in [2.75, 3.05) is 0 Å². The summed E-state index contributed by atoms with van der Waals surface area (Å²) < 4.78 is 12.2. The van der Waals surface area contributed by atoms with E-state index >= 15 is 0 Å². The van der Waals surface area contributed by atoms with Crippen molar-refractivity contribution in [2.24, 2.45) is 0 Å². The van der Waals surface area contributed by atoms with Crippen LogP contribution in [0.15, 0.2) is 45.3 Å². The van der Waals surface area contributed by atoms with Gasteiger partial charge >= 0.3 is 0 Å². The summed E-state index contributed by atoms with van der Waals surface area (Å²) in [5.41, 5.74) is 0. The van der Waals surface area contributed by atoms with Crippen LogP contribution in [0.3, 0.4) is 0 Å². The van der Waals surface area contributed by atoms with Gasteiger partial charge in [-0.3, -0.25) is 4.79 Å². The first-order chi connectivity index (χ1) is 11.7. The maximum absolute atomic E-state index is 12.3. The average molecular weight is 392 g/mol. The Morgan fingerprint density at radius 3 is 2.62 bits per heavy atom. The Morgan fingerprint density at radius 1 is 1.12 bits per heavy atom. The Labute approximate surface area is 150 Å². The molecule has 0 aliphatic heterocycles. The fourth-order valence-electron chi connectivity index (χ4n) is 2.97. The van der Waals surface area contributed by atoms with Crippen LogP contribution >= 0.6 is 15.9 Å². The van der Waals surface area contributed by atoms with E-state index in [1.807, 2.05) is 24.3 Å². The van der Waals surface area contributed by atoms with Gasteiger partial charge in [0.2, 0.25) is 0 Å². The van der Waals surface area contributed by atoms with Gasteiger partial charge in [0.15, 0.2) is 5.76 Å². The molecule has 0 saturated heterocycles. The number of hydrogen-bond acceptors (Lipinski definition) is 3. The monoisotopic (exact) mass is 391 g/mol. The third-order valence-corrected chi connectivity index (χ3v) is 4.94. The molecule has 1 heterocycles. The lowest BCUT2D eigenvalue weighted by atomic mass is 10.1. The van der Waals surface area contributed by atoms with Crippen LogP contribution < -0.4 is 10.1 Å². The SMILES string of the molecule is O=C(NC1CCCCCC1)c1ccc(COc2ccccc2Br)o1. The number of carbonyl (C=O) groups excluding carboxylic acids is 1. The molecule has 3 rings (SSSR count). The lowest BCUT2D eigenvalue weighted by molar-refractivity contribution is 0.0901. The zero-order chi connectivity index (χ0) is 16.8. The van der Waals surface area contributed by atoms with Crippen molar-refractivity contribution < 1.29 is 13.9 Å². The molecule has 1 aliphatic carbocycles. The largest absolute Gasteiger partial charge is 0.484 e. The molecule has 5 heteroatoms. The highest BCUT2D eigenvalue weighted by molar-refractivity contribution is 9.10. The fourth-order valence-corrected chi connectivity index (χ4v) is 3.37. The molecule has 1 aromatic carbocycles. The topological polar surface area (TPSA) is 51.5 Å². The van der Waals surface area contributed by atoms with Crippen LogP contribution in [-0.4, -0.2) is 11.9 Å². The molecule has 1 N–H and O–H groups in total. The number of para-hydroxylation sites is 1. The summed E-state index contributed by atoms with van der Waals surface area (Å²) >= 11 is 3.44. The molecule has 4 nitrogen and oxygen atoms in total. The van der Waals surface area contributed by atoms with E-state index in [2.05, 4.69) is 21.2 Å². The minimum absolute atomic E-state index is 0.131. The van der Waals surface area contributed by atoms with Gasteiger partial charge in [-0.05, 0) is 53.0 Å². The molecule has 0 spiro atoms. The molecule has 24 heavy (non-hydrogen) atoms. The molecule has 1 aromatic heterocycles. The van der Waals surface area contributed by atoms with Crippen LogP contribution in [-0.2, 0) is 6.61 Å². The normalized spacial score (nSPS) is 15.7. The molecule has 1 fully saturated rings. The summed E-state index contributed by atoms with van der Waals surface area (Å²) in [6.07, 6.45) is 7.03. The molecule has 1 aliphatic rings. The summed E-state index contributed by atoms with van der Waals surface area (Å²) in [5, 5.41) is 3.09. The standard InChI is InChI=1S/C19H22BrNO3/c20-16-9-5-6-10-17(16)23-13-15-11-12-18(24-15)19(22)21-14-7-3-1-2-4-8-14/h5-6,9-12,14H,1-4,7-8,13H2,(H,21,22). The predicted molar refractivity (Wildman–Crippen MR) is 96.1 cm³/mol. The van der Waals surface area contributed by atoms with Crippen molar-refractivity contribution in [3.63, 3.8) is 0 Å². The summed E-state index contributed by atoms with van der Waals surface area (Å²) in [6.45, 7) is 0.291. The van der Waals surface area contributed by atoms with Gasteiger partial charge in [0.05, 0.1) is 4.47 Å². The predicted octanol–water partition coefficient (Wildman–Crippen LogP) is 5.07. The Balaban J connectivity index is 1.54. The summed E-state index contributed by atoms with van der Waals surface area (Å²) in [7, 11) is 0. The molecule has 0 bridgehead atoms. The highest BCUT2D eigenvalue weighted by Crippen LogP contribution is 2.25. The minimum Gasteiger partial charge on any atom is -0.484 e. The van der Waals surface area contributed by atoms with Crippen molar-refractivity contribution in [3.8, 4) is 5.75 Å². The van der Waals surface area contributed by atoms with E-state index in [0.717, 1.165) is 23.1 Å². The van der Waals surface area contributed by atoms with E-state index in [1.165, 1.54) is 25.7 Å². The number of rotatable bonds is 5. The summed E-state index contributed by atoms with van der Waals surface area (Å²) in [6, 6.07) is 11.4. The molecule has 1 amide bonds. The Morgan fingerprint density at radius 2 is 1.88 bits per heavy atom. The molecule has 128 valence electrons. The zero-order valence-corrected chi connectivity index (χ0v) is 15.2. The van der Waals surface area contributed by atoms with E-state index in [9.17, 15) is 4.79 Å². The van der Waals surface area contributed by atoms with Gasteiger partial charge < -0.3 is 14.5 Å². The van der Waals surface area contributed by atoms with Crippen molar-refractivity contribution >= 4 is 21.8 Å². The number of halogens is 1. The fraction of sp³-hybridized carbons (Fsp3) is 0.421. The Bertz CT molecular complexity index is 675. The number of nitrogens with one attached hydrogen (secondary N) is 1. The third kappa shape index (κ3) is 4.63. The van der Waals surface area contributed by atoms with E-state index in [0.29, 0.717) is 18.1 Å². The highest BCUT2D eigenvalue weighted by Gasteiger charge is 2.18. The van der Waals surface area contributed by atoms with Crippen molar-refractivity contribution in [1.82, 2.24) is 5.32 Å². The highest BCUT2D eigenvalue weighted by atomic mass is 79.9. The molecule has 0 radical (unpaired) electrons. The second kappa shape index (κ2) is 8.38. The smallest absolute Gasteiger partial charge is 0.287 e. The Kier molecular flexibility index (Phi) is 5.96. The van der Waals surface area contributed by atoms with Gasteiger partial charge in [-0.15, -0.1) is 0 Å². The van der Waals surface area contributed by atoms with Gasteiger partial charge in [-0.25, -0.2) is 0 Å². The van der Waals surface area contributed by atoms with E-state index in [1.54, 1.807) is 12.1 Å². The first-order valence-electron chi connectivity index (χ1n) is 8.49. The first-order valence-corrected chi connectivity index (χ1v) is 9.28. The van der Waals surface area contributed by atoms with Crippen LogP contribution in [0.2, 0.25) is 0 Å². The summed E-state index contributed by atoms with van der Waals surface area (Å²) in [4.78, 5) is 12.3. The zero-order valence-electron chi connectivity index (χ0n) is 13.6.